The van der Waals surface area contributed by atoms with Crippen LogP contribution in [0.5, 0.6) is 11.5 Å². The molecule has 1 unspecified atom stereocenters. The molecule has 1 atom stereocenters. The minimum atomic E-state index is 0.467. The van der Waals surface area contributed by atoms with E-state index in [1.165, 1.54) is 0 Å². The van der Waals surface area contributed by atoms with E-state index >= 15 is 0 Å². The Balaban J connectivity index is 2.05. The zero-order valence-electron chi connectivity index (χ0n) is 18.7. The number of benzene rings is 1. The number of para-hydroxylation sites is 1. The quantitative estimate of drug-likeness (QED) is 0.460. The third kappa shape index (κ3) is 7.40. The molecule has 0 bridgehead atoms. The molecular formula is C22H38N4O3. The molecule has 2 rings (SSSR count). The Bertz CT molecular complexity index is 630. The van der Waals surface area contributed by atoms with Crippen molar-refractivity contribution in [2.75, 3.05) is 53.6 Å². The Labute approximate surface area is 175 Å². The van der Waals surface area contributed by atoms with Gasteiger partial charge in [-0.1, -0.05) is 26.0 Å². The average molecular weight is 407 g/mol. The average Bonchev–Trinajstić information content (AvgIpc) is 2.74. The van der Waals surface area contributed by atoms with Gasteiger partial charge >= 0.3 is 0 Å². The van der Waals surface area contributed by atoms with E-state index in [2.05, 4.69) is 36.3 Å². The van der Waals surface area contributed by atoms with Crippen molar-refractivity contribution in [2.24, 2.45) is 10.9 Å². The van der Waals surface area contributed by atoms with E-state index in [4.69, 9.17) is 19.2 Å². The van der Waals surface area contributed by atoms with Crippen LogP contribution in [0.4, 0.5) is 0 Å². The van der Waals surface area contributed by atoms with E-state index in [0.717, 1.165) is 68.8 Å². The van der Waals surface area contributed by atoms with Crippen molar-refractivity contribution < 1.29 is 14.2 Å². The Morgan fingerprint density at radius 3 is 2.55 bits per heavy atom. The van der Waals surface area contributed by atoms with Gasteiger partial charge in [0.1, 0.15) is 0 Å². The fourth-order valence-electron chi connectivity index (χ4n) is 3.65. The maximum Gasteiger partial charge on any atom is 0.191 e. The van der Waals surface area contributed by atoms with E-state index in [0.29, 0.717) is 18.5 Å². The summed E-state index contributed by atoms with van der Waals surface area (Å²) in [5.41, 5.74) is 0.996. The molecule has 29 heavy (non-hydrogen) atoms. The first kappa shape index (κ1) is 23.3. The van der Waals surface area contributed by atoms with Crippen molar-refractivity contribution in [3.63, 3.8) is 0 Å². The van der Waals surface area contributed by atoms with Crippen LogP contribution < -0.4 is 20.1 Å². The van der Waals surface area contributed by atoms with Gasteiger partial charge in [0.05, 0.1) is 34.0 Å². The lowest BCUT2D eigenvalue weighted by molar-refractivity contribution is 0.0132. The number of rotatable bonds is 10. The van der Waals surface area contributed by atoms with Crippen molar-refractivity contribution >= 4 is 5.96 Å². The number of hydrogen-bond acceptors (Lipinski definition) is 5. The predicted octanol–water partition coefficient (Wildman–Crippen LogP) is 2.51. The lowest BCUT2D eigenvalue weighted by atomic mass is 10.0. The minimum Gasteiger partial charge on any atom is -0.493 e. The molecule has 1 fully saturated rings. The summed E-state index contributed by atoms with van der Waals surface area (Å²) in [5, 5.41) is 6.90. The van der Waals surface area contributed by atoms with Crippen LogP contribution in [0, 0.1) is 5.92 Å². The summed E-state index contributed by atoms with van der Waals surface area (Å²) in [6, 6.07) is 6.34. The molecular weight excluding hydrogens is 368 g/mol. The van der Waals surface area contributed by atoms with E-state index in [1.54, 1.807) is 14.2 Å². The third-order valence-corrected chi connectivity index (χ3v) is 5.05. The highest BCUT2D eigenvalue weighted by Crippen LogP contribution is 2.31. The second-order valence-corrected chi connectivity index (χ2v) is 7.66. The Hall–Kier alpha value is -1.99. The minimum absolute atomic E-state index is 0.467. The van der Waals surface area contributed by atoms with Crippen molar-refractivity contribution in [3.8, 4) is 11.5 Å². The van der Waals surface area contributed by atoms with Gasteiger partial charge in [-0.15, -0.1) is 0 Å². The third-order valence-electron chi connectivity index (χ3n) is 5.05. The van der Waals surface area contributed by atoms with Crippen molar-refractivity contribution in [2.45, 2.75) is 39.8 Å². The topological polar surface area (TPSA) is 67.4 Å². The van der Waals surface area contributed by atoms with Gasteiger partial charge in [0, 0.05) is 37.8 Å². The summed E-state index contributed by atoms with van der Waals surface area (Å²) in [6.45, 7) is 12.5. The first-order valence-corrected chi connectivity index (χ1v) is 10.6. The number of guanidine groups is 1. The molecule has 1 aliphatic heterocycles. The molecule has 0 amide bonds. The van der Waals surface area contributed by atoms with Crippen LogP contribution in [0.1, 0.15) is 32.8 Å². The maximum absolute atomic E-state index is 5.53. The van der Waals surface area contributed by atoms with Gasteiger partial charge in [-0.05, 0) is 25.3 Å². The van der Waals surface area contributed by atoms with Crippen LogP contribution in [0.3, 0.4) is 0 Å². The van der Waals surface area contributed by atoms with Crippen molar-refractivity contribution in [3.05, 3.63) is 23.8 Å². The fraction of sp³-hybridized carbons (Fsp3) is 0.682. The Morgan fingerprint density at radius 1 is 1.17 bits per heavy atom. The molecule has 2 N–H and O–H groups in total. The molecule has 1 aliphatic rings. The molecule has 1 saturated heterocycles. The lowest BCUT2D eigenvalue weighted by Crippen LogP contribution is -2.51. The van der Waals surface area contributed by atoms with Crippen LogP contribution in [0.2, 0.25) is 0 Å². The molecule has 0 spiro atoms. The van der Waals surface area contributed by atoms with E-state index in [1.807, 2.05) is 18.2 Å². The fourth-order valence-corrected chi connectivity index (χ4v) is 3.65. The van der Waals surface area contributed by atoms with Crippen molar-refractivity contribution in [1.29, 1.82) is 0 Å². The molecule has 164 valence electrons. The SMILES string of the molecule is CCNC(=NCc1cccc(OC)c1OC)NCC(CC(C)C)N1CCOCC1. The van der Waals surface area contributed by atoms with Gasteiger partial charge in [0.15, 0.2) is 17.5 Å². The number of methoxy groups -OCH3 is 2. The van der Waals surface area contributed by atoms with Crippen LogP contribution >= 0.6 is 0 Å². The molecule has 0 radical (unpaired) electrons. The van der Waals surface area contributed by atoms with Gasteiger partial charge in [0.2, 0.25) is 0 Å². The number of hydrogen-bond donors (Lipinski definition) is 2. The van der Waals surface area contributed by atoms with Gasteiger partial charge in [-0.3, -0.25) is 4.90 Å². The molecule has 0 saturated carbocycles. The Morgan fingerprint density at radius 2 is 1.93 bits per heavy atom. The molecule has 0 aliphatic carbocycles. The number of nitrogens with zero attached hydrogens (tertiary/aromatic N) is 2. The second-order valence-electron chi connectivity index (χ2n) is 7.66. The highest BCUT2D eigenvalue weighted by molar-refractivity contribution is 5.79. The van der Waals surface area contributed by atoms with Gasteiger partial charge in [0.25, 0.3) is 0 Å². The van der Waals surface area contributed by atoms with Crippen molar-refractivity contribution in [1.82, 2.24) is 15.5 Å². The molecule has 7 heteroatoms. The van der Waals surface area contributed by atoms with Gasteiger partial charge in [-0.25, -0.2) is 4.99 Å². The van der Waals surface area contributed by atoms with Crippen LogP contribution in [0.15, 0.2) is 23.2 Å². The summed E-state index contributed by atoms with van der Waals surface area (Å²) >= 11 is 0. The van der Waals surface area contributed by atoms with E-state index in [-0.39, 0.29) is 0 Å². The summed E-state index contributed by atoms with van der Waals surface area (Å²) in [5.74, 6) is 2.92. The largest absolute Gasteiger partial charge is 0.493 e. The van der Waals surface area contributed by atoms with Gasteiger partial charge < -0.3 is 24.8 Å². The molecule has 7 nitrogen and oxygen atoms in total. The van der Waals surface area contributed by atoms with E-state index in [9.17, 15) is 0 Å². The smallest absolute Gasteiger partial charge is 0.191 e. The highest BCUT2D eigenvalue weighted by Gasteiger charge is 2.22. The molecule has 1 heterocycles. The summed E-state index contributed by atoms with van der Waals surface area (Å²) < 4.78 is 16.4. The second kappa shape index (κ2) is 12.5. The summed E-state index contributed by atoms with van der Waals surface area (Å²) in [6.07, 6.45) is 1.15. The maximum atomic E-state index is 5.53. The monoisotopic (exact) mass is 406 g/mol. The summed E-state index contributed by atoms with van der Waals surface area (Å²) in [4.78, 5) is 7.31. The number of morpholine rings is 1. The first-order valence-electron chi connectivity index (χ1n) is 10.6. The molecule has 1 aromatic rings. The lowest BCUT2D eigenvalue weighted by Gasteiger charge is -2.35. The highest BCUT2D eigenvalue weighted by atomic mass is 16.5. The number of nitrogens with one attached hydrogen (secondary N) is 2. The normalized spacial score (nSPS) is 16.6. The first-order chi connectivity index (χ1) is 14.1. The van der Waals surface area contributed by atoms with Crippen LogP contribution in [-0.4, -0.2) is 70.5 Å². The number of aliphatic imine (C=N–C) groups is 1. The predicted molar refractivity (Wildman–Crippen MR) is 118 cm³/mol. The van der Waals surface area contributed by atoms with Crippen LogP contribution in [-0.2, 0) is 11.3 Å². The molecule has 1 aromatic carbocycles. The zero-order chi connectivity index (χ0) is 21.1. The van der Waals surface area contributed by atoms with Crippen LogP contribution in [0.25, 0.3) is 0 Å². The number of ether oxygens (including phenoxy) is 3. The standard InChI is InChI=1S/C22H38N4O3/c1-6-23-22(24-15-18-8-7-9-20(27-4)21(18)28-5)25-16-19(14-17(2)3)26-10-12-29-13-11-26/h7-9,17,19H,6,10-16H2,1-5H3,(H2,23,24,25). The zero-order valence-corrected chi connectivity index (χ0v) is 18.7. The Kier molecular flexibility index (Phi) is 10.1. The van der Waals surface area contributed by atoms with E-state index < -0.39 is 0 Å². The van der Waals surface area contributed by atoms with Gasteiger partial charge in [-0.2, -0.15) is 0 Å². The summed E-state index contributed by atoms with van der Waals surface area (Å²) in [7, 11) is 3.31. The molecule has 0 aromatic heterocycles.